The van der Waals surface area contributed by atoms with Crippen molar-refractivity contribution in [3.05, 3.63) is 30.1 Å². The predicted octanol–water partition coefficient (Wildman–Crippen LogP) is 1.60. The summed E-state index contributed by atoms with van der Waals surface area (Å²) in [6, 6.07) is 6.02. The number of rotatable bonds is 5. The van der Waals surface area contributed by atoms with Crippen molar-refractivity contribution >= 4 is 5.91 Å². The van der Waals surface area contributed by atoms with Crippen molar-refractivity contribution in [2.75, 3.05) is 13.1 Å². The van der Waals surface area contributed by atoms with E-state index in [9.17, 15) is 4.79 Å². The molecular weight excluding hydrogens is 238 g/mol. The Morgan fingerprint density at radius 2 is 2.32 bits per heavy atom. The summed E-state index contributed by atoms with van der Waals surface area (Å²) in [5.41, 5.74) is 6.66. The summed E-state index contributed by atoms with van der Waals surface area (Å²) in [6.45, 7) is 3.48. The zero-order valence-electron chi connectivity index (χ0n) is 11.6. The monoisotopic (exact) mass is 261 g/mol. The Morgan fingerprint density at radius 3 is 2.95 bits per heavy atom. The minimum Gasteiger partial charge on any atom is -0.339 e. The van der Waals surface area contributed by atoms with Crippen molar-refractivity contribution < 1.29 is 4.79 Å². The average molecular weight is 261 g/mol. The highest BCUT2D eigenvalue weighted by Gasteiger charge is 2.32. The minimum absolute atomic E-state index is 0.173. The number of likely N-dealkylation sites (N-methyl/N-ethyl adjacent to an activating group) is 1. The van der Waals surface area contributed by atoms with Gasteiger partial charge in [-0.15, -0.1) is 0 Å². The van der Waals surface area contributed by atoms with Crippen molar-refractivity contribution in [2.24, 2.45) is 11.7 Å². The predicted molar refractivity (Wildman–Crippen MR) is 75.5 cm³/mol. The molecule has 1 saturated carbocycles. The zero-order chi connectivity index (χ0) is 13.7. The lowest BCUT2D eigenvalue weighted by molar-refractivity contribution is -0.133. The second-order valence-corrected chi connectivity index (χ2v) is 5.17. The van der Waals surface area contributed by atoms with E-state index >= 15 is 0 Å². The lowest BCUT2D eigenvalue weighted by atomic mass is 10.0. The number of amides is 1. The average Bonchev–Trinajstić information content (AvgIpc) is 2.89. The lowest BCUT2D eigenvalue weighted by Crippen LogP contribution is -2.44. The standard InChI is InChI=1S/C15H23N3O/c1-2-18(14-8-5-6-12(14)11-16)15(19)10-13-7-3-4-9-17-13/h3-4,7,9,12,14H,2,5-6,8,10-11,16H2,1H3. The Bertz CT molecular complexity index is 407. The molecule has 4 heteroatoms. The summed E-state index contributed by atoms with van der Waals surface area (Å²) in [5.74, 6) is 0.638. The first kappa shape index (κ1) is 14.0. The van der Waals surface area contributed by atoms with Crippen molar-refractivity contribution in [3.63, 3.8) is 0 Å². The molecule has 0 aromatic carbocycles. The highest BCUT2D eigenvalue weighted by Crippen LogP contribution is 2.29. The molecule has 0 saturated heterocycles. The molecule has 0 aliphatic heterocycles. The maximum absolute atomic E-state index is 12.4. The molecule has 104 valence electrons. The van der Waals surface area contributed by atoms with Gasteiger partial charge in [0, 0.05) is 24.5 Å². The molecule has 0 spiro atoms. The van der Waals surface area contributed by atoms with Gasteiger partial charge in [-0.05, 0) is 44.4 Å². The van der Waals surface area contributed by atoms with E-state index in [0.717, 1.165) is 25.1 Å². The largest absolute Gasteiger partial charge is 0.339 e. The molecule has 2 unspecified atom stereocenters. The van der Waals surface area contributed by atoms with Gasteiger partial charge in [-0.2, -0.15) is 0 Å². The number of carbonyl (C=O) groups is 1. The van der Waals surface area contributed by atoms with Crippen LogP contribution in [0.1, 0.15) is 31.9 Å². The van der Waals surface area contributed by atoms with E-state index in [1.54, 1.807) is 6.20 Å². The fraction of sp³-hybridized carbons (Fsp3) is 0.600. The van der Waals surface area contributed by atoms with Crippen LogP contribution in [0.25, 0.3) is 0 Å². The third kappa shape index (κ3) is 3.32. The molecule has 0 radical (unpaired) electrons. The fourth-order valence-electron chi connectivity index (χ4n) is 3.06. The maximum atomic E-state index is 12.4. The van der Waals surface area contributed by atoms with Crippen molar-refractivity contribution in [2.45, 2.75) is 38.6 Å². The topological polar surface area (TPSA) is 59.2 Å². The van der Waals surface area contributed by atoms with Crippen LogP contribution in [0.3, 0.4) is 0 Å². The van der Waals surface area contributed by atoms with Crippen LogP contribution in [-0.4, -0.2) is 34.9 Å². The first-order valence-electron chi connectivity index (χ1n) is 7.15. The quantitative estimate of drug-likeness (QED) is 0.876. The van der Waals surface area contributed by atoms with E-state index in [1.807, 2.05) is 30.0 Å². The van der Waals surface area contributed by atoms with E-state index in [2.05, 4.69) is 4.98 Å². The van der Waals surface area contributed by atoms with Crippen LogP contribution >= 0.6 is 0 Å². The zero-order valence-corrected chi connectivity index (χ0v) is 11.6. The molecular formula is C15H23N3O. The molecule has 1 fully saturated rings. The van der Waals surface area contributed by atoms with Gasteiger partial charge in [-0.3, -0.25) is 9.78 Å². The second kappa shape index (κ2) is 6.66. The third-order valence-electron chi connectivity index (χ3n) is 4.04. The number of pyridine rings is 1. The molecule has 1 aromatic heterocycles. The highest BCUT2D eigenvalue weighted by atomic mass is 16.2. The van der Waals surface area contributed by atoms with Crippen LogP contribution in [0.4, 0.5) is 0 Å². The third-order valence-corrected chi connectivity index (χ3v) is 4.04. The summed E-state index contributed by atoms with van der Waals surface area (Å²) in [6.07, 6.45) is 5.54. The van der Waals surface area contributed by atoms with Crippen LogP contribution < -0.4 is 5.73 Å². The SMILES string of the molecule is CCN(C(=O)Cc1ccccn1)C1CCCC1CN. The molecule has 1 amide bonds. The number of hydrogen-bond acceptors (Lipinski definition) is 3. The smallest absolute Gasteiger partial charge is 0.228 e. The van der Waals surface area contributed by atoms with E-state index < -0.39 is 0 Å². The number of carbonyl (C=O) groups excluding carboxylic acids is 1. The molecule has 0 bridgehead atoms. The molecule has 2 rings (SSSR count). The van der Waals surface area contributed by atoms with Gasteiger partial charge in [0.15, 0.2) is 0 Å². The molecule has 1 aliphatic rings. The molecule has 2 atom stereocenters. The van der Waals surface area contributed by atoms with Crippen LogP contribution in [0.15, 0.2) is 24.4 Å². The molecule has 19 heavy (non-hydrogen) atoms. The van der Waals surface area contributed by atoms with Gasteiger partial charge in [0.1, 0.15) is 0 Å². The van der Waals surface area contributed by atoms with Crippen LogP contribution in [-0.2, 0) is 11.2 Å². The summed E-state index contributed by atoms with van der Waals surface area (Å²) >= 11 is 0. The van der Waals surface area contributed by atoms with Crippen molar-refractivity contribution in [3.8, 4) is 0 Å². The molecule has 2 N–H and O–H groups in total. The van der Waals surface area contributed by atoms with Gasteiger partial charge in [-0.25, -0.2) is 0 Å². The maximum Gasteiger partial charge on any atom is 0.228 e. The Morgan fingerprint density at radius 1 is 1.47 bits per heavy atom. The first-order chi connectivity index (χ1) is 9.26. The van der Waals surface area contributed by atoms with Crippen molar-refractivity contribution in [1.29, 1.82) is 0 Å². The van der Waals surface area contributed by atoms with Gasteiger partial charge in [0.05, 0.1) is 6.42 Å². The number of aromatic nitrogens is 1. The molecule has 1 aliphatic carbocycles. The van der Waals surface area contributed by atoms with Crippen LogP contribution in [0, 0.1) is 5.92 Å². The summed E-state index contributed by atoms with van der Waals surface area (Å²) in [5, 5.41) is 0. The van der Waals surface area contributed by atoms with Crippen molar-refractivity contribution in [1.82, 2.24) is 9.88 Å². The Balaban J connectivity index is 2.03. The van der Waals surface area contributed by atoms with E-state index in [0.29, 0.717) is 24.9 Å². The second-order valence-electron chi connectivity index (χ2n) is 5.17. The van der Waals surface area contributed by atoms with Crippen LogP contribution in [0.2, 0.25) is 0 Å². The lowest BCUT2D eigenvalue weighted by Gasteiger charge is -2.32. The first-order valence-corrected chi connectivity index (χ1v) is 7.15. The van der Waals surface area contributed by atoms with E-state index in [4.69, 9.17) is 5.73 Å². The molecule has 4 nitrogen and oxygen atoms in total. The van der Waals surface area contributed by atoms with E-state index in [-0.39, 0.29) is 5.91 Å². The summed E-state index contributed by atoms with van der Waals surface area (Å²) in [4.78, 5) is 18.7. The van der Waals surface area contributed by atoms with Gasteiger partial charge in [-0.1, -0.05) is 12.5 Å². The van der Waals surface area contributed by atoms with Gasteiger partial charge in [0.25, 0.3) is 0 Å². The fourth-order valence-corrected chi connectivity index (χ4v) is 3.06. The van der Waals surface area contributed by atoms with Crippen LogP contribution in [0.5, 0.6) is 0 Å². The minimum atomic E-state index is 0.173. The summed E-state index contributed by atoms with van der Waals surface area (Å²) < 4.78 is 0. The van der Waals surface area contributed by atoms with Gasteiger partial charge in [0.2, 0.25) is 5.91 Å². The van der Waals surface area contributed by atoms with Gasteiger partial charge < -0.3 is 10.6 Å². The summed E-state index contributed by atoms with van der Waals surface area (Å²) in [7, 11) is 0. The number of hydrogen-bond donors (Lipinski definition) is 1. The molecule has 1 heterocycles. The Hall–Kier alpha value is -1.42. The Kier molecular flexibility index (Phi) is 4.91. The number of nitrogens with zero attached hydrogens (tertiary/aromatic N) is 2. The normalized spacial score (nSPS) is 22.4. The number of nitrogens with two attached hydrogens (primary N) is 1. The highest BCUT2D eigenvalue weighted by molar-refractivity contribution is 5.78. The Labute approximate surface area is 115 Å². The van der Waals surface area contributed by atoms with Gasteiger partial charge >= 0.3 is 0 Å². The van der Waals surface area contributed by atoms with E-state index in [1.165, 1.54) is 6.42 Å². The molecule has 1 aromatic rings.